The number of carbonyl (C=O) groups excluding carboxylic acids is 2. The van der Waals surface area contributed by atoms with Crippen LogP contribution >= 0.6 is 0 Å². The molecule has 0 aliphatic carbocycles. The molecule has 1 rings (SSSR count). The van der Waals surface area contributed by atoms with Crippen LogP contribution in [-0.2, 0) is 20.8 Å². The Morgan fingerprint density at radius 2 is 1.94 bits per heavy atom. The highest BCUT2D eigenvalue weighted by Crippen LogP contribution is 2.02. The third-order valence-corrected chi connectivity index (χ3v) is 2.49. The van der Waals surface area contributed by atoms with Gasteiger partial charge in [-0.1, -0.05) is 44.2 Å². The van der Waals surface area contributed by atoms with Crippen LogP contribution in [0.2, 0.25) is 0 Å². The molecule has 1 N–H and O–H groups in total. The standard InChI is InChI=1S/C13H17NO3/c1-3-10(2)13(16)17-14-12(15)9-11-7-5-4-6-8-11/h4-8,10H,3,9H2,1-2H3,(H,14,15). The molecule has 0 aromatic heterocycles. The molecule has 0 heterocycles. The lowest BCUT2D eigenvalue weighted by Gasteiger charge is -2.09. The average molecular weight is 235 g/mol. The van der Waals surface area contributed by atoms with E-state index in [1.807, 2.05) is 37.3 Å². The van der Waals surface area contributed by atoms with Gasteiger partial charge in [-0.3, -0.25) is 4.79 Å². The summed E-state index contributed by atoms with van der Waals surface area (Å²) >= 11 is 0. The summed E-state index contributed by atoms with van der Waals surface area (Å²) in [7, 11) is 0. The summed E-state index contributed by atoms with van der Waals surface area (Å²) in [6.07, 6.45) is 0.891. The normalized spacial score (nSPS) is 11.6. The number of hydrogen-bond acceptors (Lipinski definition) is 3. The Morgan fingerprint density at radius 3 is 2.53 bits per heavy atom. The van der Waals surface area contributed by atoms with Gasteiger partial charge in [0, 0.05) is 0 Å². The topological polar surface area (TPSA) is 55.4 Å². The lowest BCUT2D eigenvalue weighted by molar-refractivity contribution is -0.161. The van der Waals surface area contributed by atoms with Crippen LogP contribution in [0, 0.1) is 5.92 Å². The van der Waals surface area contributed by atoms with Gasteiger partial charge >= 0.3 is 5.97 Å². The SMILES string of the molecule is CCC(C)C(=O)ONC(=O)Cc1ccccc1. The van der Waals surface area contributed by atoms with Crippen LogP contribution in [0.1, 0.15) is 25.8 Å². The van der Waals surface area contributed by atoms with Gasteiger partial charge in [-0.25, -0.2) is 4.79 Å². The molecule has 92 valence electrons. The zero-order valence-corrected chi connectivity index (χ0v) is 10.1. The molecule has 0 saturated carbocycles. The van der Waals surface area contributed by atoms with Crippen molar-refractivity contribution in [2.24, 2.45) is 5.92 Å². The molecule has 0 saturated heterocycles. The maximum Gasteiger partial charge on any atom is 0.334 e. The van der Waals surface area contributed by atoms with Gasteiger partial charge in [0.2, 0.25) is 0 Å². The molecular weight excluding hydrogens is 218 g/mol. The summed E-state index contributed by atoms with van der Waals surface area (Å²) in [5.74, 6) is -0.936. The summed E-state index contributed by atoms with van der Waals surface area (Å²) in [6.45, 7) is 3.64. The van der Waals surface area contributed by atoms with Crippen molar-refractivity contribution in [1.82, 2.24) is 5.48 Å². The van der Waals surface area contributed by atoms with Crippen LogP contribution in [0.3, 0.4) is 0 Å². The van der Waals surface area contributed by atoms with Crippen molar-refractivity contribution in [2.45, 2.75) is 26.7 Å². The summed E-state index contributed by atoms with van der Waals surface area (Å²) in [6, 6.07) is 9.28. The van der Waals surface area contributed by atoms with Crippen molar-refractivity contribution in [2.75, 3.05) is 0 Å². The molecular formula is C13H17NO3. The molecule has 0 bridgehead atoms. The largest absolute Gasteiger partial charge is 0.341 e. The zero-order chi connectivity index (χ0) is 12.7. The van der Waals surface area contributed by atoms with Crippen molar-refractivity contribution in [1.29, 1.82) is 0 Å². The first-order valence-corrected chi connectivity index (χ1v) is 5.67. The molecule has 4 heteroatoms. The van der Waals surface area contributed by atoms with Gasteiger partial charge in [0.15, 0.2) is 0 Å². The Hall–Kier alpha value is -1.84. The Morgan fingerprint density at radius 1 is 1.29 bits per heavy atom. The first kappa shape index (κ1) is 13.2. The lowest BCUT2D eigenvalue weighted by atomic mass is 10.1. The van der Waals surface area contributed by atoms with Gasteiger partial charge in [-0.05, 0) is 12.0 Å². The molecule has 0 radical (unpaired) electrons. The summed E-state index contributed by atoms with van der Waals surface area (Å²) in [5, 5.41) is 0. The third-order valence-electron chi connectivity index (χ3n) is 2.49. The number of hydrogen-bond donors (Lipinski definition) is 1. The van der Waals surface area contributed by atoms with E-state index in [1.165, 1.54) is 0 Å². The zero-order valence-electron chi connectivity index (χ0n) is 10.1. The predicted octanol–water partition coefficient (Wildman–Crippen LogP) is 1.85. The van der Waals surface area contributed by atoms with Gasteiger partial charge in [0.05, 0.1) is 12.3 Å². The number of benzene rings is 1. The van der Waals surface area contributed by atoms with Crippen molar-refractivity contribution in [3.8, 4) is 0 Å². The maximum absolute atomic E-state index is 11.4. The van der Waals surface area contributed by atoms with Gasteiger partial charge in [0.1, 0.15) is 0 Å². The number of amides is 1. The second-order valence-corrected chi connectivity index (χ2v) is 3.92. The molecule has 1 amide bonds. The number of hydroxylamine groups is 1. The maximum atomic E-state index is 11.4. The van der Waals surface area contributed by atoms with E-state index in [4.69, 9.17) is 4.84 Å². The van der Waals surface area contributed by atoms with E-state index >= 15 is 0 Å². The number of nitrogens with one attached hydrogen (secondary N) is 1. The Labute approximate surface area is 101 Å². The second kappa shape index (κ2) is 6.68. The minimum absolute atomic E-state index is 0.202. The van der Waals surface area contributed by atoms with Crippen LogP contribution in [0.25, 0.3) is 0 Å². The molecule has 4 nitrogen and oxygen atoms in total. The molecule has 0 aliphatic rings. The quantitative estimate of drug-likeness (QED) is 0.810. The number of rotatable bonds is 4. The van der Waals surface area contributed by atoms with E-state index in [-0.39, 0.29) is 18.2 Å². The average Bonchev–Trinajstić information content (AvgIpc) is 2.36. The van der Waals surface area contributed by atoms with Crippen LogP contribution in [0.5, 0.6) is 0 Å². The minimum Gasteiger partial charge on any atom is -0.341 e. The second-order valence-electron chi connectivity index (χ2n) is 3.92. The first-order chi connectivity index (χ1) is 8.13. The fraction of sp³-hybridized carbons (Fsp3) is 0.385. The van der Waals surface area contributed by atoms with Crippen LogP contribution in [0.4, 0.5) is 0 Å². The smallest absolute Gasteiger partial charge is 0.334 e. The van der Waals surface area contributed by atoms with E-state index in [0.717, 1.165) is 5.56 Å². The fourth-order valence-electron chi connectivity index (χ4n) is 1.19. The highest BCUT2D eigenvalue weighted by molar-refractivity contribution is 5.80. The monoisotopic (exact) mass is 235 g/mol. The Balaban J connectivity index is 2.34. The van der Waals surface area contributed by atoms with E-state index in [0.29, 0.717) is 6.42 Å². The van der Waals surface area contributed by atoms with Gasteiger partial charge < -0.3 is 4.84 Å². The molecule has 0 spiro atoms. The van der Waals surface area contributed by atoms with Crippen LogP contribution in [0.15, 0.2) is 30.3 Å². The summed E-state index contributed by atoms with van der Waals surface area (Å²) in [4.78, 5) is 27.4. The van der Waals surface area contributed by atoms with E-state index < -0.39 is 5.97 Å². The van der Waals surface area contributed by atoms with E-state index in [1.54, 1.807) is 6.92 Å². The van der Waals surface area contributed by atoms with Crippen molar-refractivity contribution >= 4 is 11.9 Å². The predicted molar refractivity (Wildman–Crippen MR) is 63.8 cm³/mol. The van der Waals surface area contributed by atoms with Crippen LogP contribution in [-0.4, -0.2) is 11.9 Å². The van der Waals surface area contributed by atoms with Gasteiger partial charge in [0.25, 0.3) is 5.91 Å². The fourth-order valence-corrected chi connectivity index (χ4v) is 1.19. The summed E-state index contributed by atoms with van der Waals surface area (Å²) < 4.78 is 0. The minimum atomic E-state index is -0.408. The van der Waals surface area contributed by atoms with Gasteiger partial charge in [-0.15, -0.1) is 0 Å². The highest BCUT2D eigenvalue weighted by Gasteiger charge is 2.13. The Bertz CT molecular complexity index is 376. The molecule has 1 aromatic rings. The molecule has 1 unspecified atom stereocenters. The summed E-state index contributed by atoms with van der Waals surface area (Å²) in [5.41, 5.74) is 3.04. The highest BCUT2D eigenvalue weighted by atomic mass is 16.7. The molecule has 0 aliphatic heterocycles. The van der Waals surface area contributed by atoms with Gasteiger partial charge in [-0.2, -0.15) is 5.48 Å². The number of carbonyl (C=O) groups is 2. The van der Waals surface area contributed by atoms with Crippen molar-refractivity contribution in [3.63, 3.8) is 0 Å². The van der Waals surface area contributed by atoms with Crippen LogP contribution < -0.4 is 5.48 Å². The van der Waals surface area contributed by atoms with E-state index in [2.05, 4.69) is 5.48 Å². The lowest BCUT2D eigenvalue weighted by Crippen LogP contribution is -2.30. The third kappa shape index (κ3) is 4.68. The molecule has 17 heavy (non-hydrogen) atoms. The van der Waals surface area contributed by atoms with Crippen molar-refractivity contribution in [3.05, 3.63) is 35.9 Å². The molecule has 0 fully saturated rings. The molecule has 1 atom stereocenters. The first-order valence-electron chi connectivity index (χ1n) is 5.67. The van der Waals surface area contributed by atoms with E-state index in [9.17, 15) is 9.59 Å². The Kier molecular flexibility index (Phi) is 5.20. The van der Waals surface area contributed by atoms with Crippen molar-refractivity contribution < 1.29 is 14.4 Å². The molecule has 1 aromatic carbocycles.